The molecule has 4 heteroatoms. The molecule has 3 nitrogen and oxygen atoms in total. The maximum absolute atomic E-state index is 4.98. The molecule has 1 aliphatic heterocycles. The summed E-state index contributed by atoms with van der Waals surface area (Å²) in [5.41, 5.74) is 1.43. The summed E-state index contributed by atoms with van der Waals surface area (Å²) in [7, 11) is 0. The number of aromatic nitrogens is 1. The van der Waals surface area contributed by atoms with Crippen LogP contribution in [-0.2, 0) is 12.0 Å². The van der Waals surface area contributed by atoms with Gasteiger partial charge in [-0.1, -0.05) is 13.8 Å². The van der Waals surface area contributed by atoms with Crippen LogP contribution >= 0.6 is 11.3 Å². The number of rotatable bonds is 6. The van der Waals surface area contributed by atoms with E-state index >= 15 is 0 Å². The number of thiazole rings is 1. The number of nitrogens with zero attached hydrogens (tertiary/aromatic N) is 2. The van der Waals surface area contributed by atoms with Gasteiger partial charge >= 0.3 is 0 Å². The Morgan fingerprint density at radius 1 is 1.40 bits per heavy atom. The third-order valence-electron chi connectivity index (χ3n) is 4.71. The van der Waals surface area contributed by atoms with Gasteiger partial charge in [0.05, 0.1) is 11.2 Å². The van der Waals surface area contributed by atoms with E-state index in [1.54, 1.807) is 0 Å². The Balaban J connectivity index is 1.84. The standard InChI is InChI=1S/C16H27N3S/c1-4-9-17-16(8-10-19(11-16)13-6-7-13)15-18-14(5-2)12(3)20-15/h13,17H,4-11H2,1-3H3. The fourth-order valence-corrected chi connectivity index (χ4v) is 4.50. The van der Waals surface area contributed by atoms with Crippen molar-refractivity contribution in [3.63, 3.8) is 0 Å². The van der Waals surface area contributed by atoms with Gasteiger partial charge < -0.3 is 5.32 Å². The van der Waals surface area contributed by atoms with Gasteiger partial charge in [-0.25, -0.2) is 4.98 Å². The monoisotopic (exact) mass is 293 g/mol. The minimum atomic E-state index is 0.126. The smallest absolute Gasteiger partial charge is 0.115 e. The molecule has 0 amide bonds. The highest BCUT2D eigenvalue weighted by Gasteiger charge is 2.45. The number of hydrogen-bond donors (Lipinski definition) is 1. The molecular weight excluding hydrogens is 266 g/mol. The summed E-state index contributed by atoms with van der Waals surface area (Å²) in [4.78, 5) is 9.07. The third kappa shape index (κ3) is 2.66. The summed E-state index contributed by atoms with van der Waals surface area (Å²) in [6.45, 7) is 10.2. The molecule has 1 saturated carbocycles. The summed E-state index contributed by atoms with van der Waals surface area (Å²) in [5.74, 6) is 0. The second kappa shape index (κ2) is 5.74. The molecular formula is C16H27N3S. The minimum absolute atomic E-state index is 0.126. The van der Waals surface area contributed by atoms with Crippen molar-refractivity contribution in [3.8, 4) is 0 Å². The largest absolute Gasteiger partial charge is 0.304 e. The van der Waals surface area contributed by atoms with E-state index in [1.807, 2.05) is 11.3 Å². The van der Waals surface area contributed by atoms with Gasteiger partial charge in [-0.05, 0) is 45.6 Å². The lowest BCUT2D eigenvalue weighted by Gasteiger charge is -2.29. The van der Waals surface area contributed by atoms with E-state index in [-0.39, 0.29) is 5.54 Å². The molecule has 0 aromatic carbocycles. The molecule has 1 aliphatic carbocycles. The number of hydrogen-bond acceptors (Lipinski definition) is 4. The lowest BCUT2D eigenvalue weighted by Crippen LogP contribution is -2.45. The first-order chi connectivity index (χ1) is 9.68. The van der Waals surface area contributed by atoms with Crippen molar-refractivity contribution >= 4 is 11.3 Å². The second-order valence-electron chi connectivity index (χ2n) is 6.34. The molecule has 2 heterocycles. The highest BCUT2D eigenvalue weighted by atomic mass is 32.1. The van der Waals surface area contributed by atoms with E-state index in [2.05, 4.69) is 31.0 Å². The van der Waals surface area contributed by atoms with Crippen molar-refractivity contribution < 1.29 is 0 Å². The molecule has 3 rings (SSSR count). The molecule has 20 heavy (non-hydrogen) atoms. The van der Waals surface area contributed by atoms with Gasteiger partial charge in [0.25, 0.3) is 0 Å². The average molecular weight is 293 g/mol. The molecule has 1 N–H and O–H groups in total. The van der Waals surface area contributed by atoms with Crippen molar-refractivity contribution in [1.29, 1.82) is 0 Å². The first-order valence-corrected chi connectivity index (χ1v) is 8.96. The quantitative estimate of drug-likeness (QED) is 0.873. The third-order valence-corrected chi connectivity index (χ3v) is 5.93. The van der Waals surface area contributed by atoms with E-state index in [4.69, 9.17) is 4.98 Å². The molecule has 1 aromatic heterocycles. The lowest BCUT2D eigenvalue weighted by atomic mass is 9.99. The maximum atomic E-state index is 4.98. The van der Waals surface area contributed by atoms with Crippen LogP contribution in [0.5, 0.6) is 0 Å². The van der Waals surface area contributed by atoms with Gasteiger partial charge in [0.15, 0.2) is 0 Å². The summed E-state index contributed by atoms with van der Waals surface area (Å²) < 4.78 is 0. The van der Waals surface area contributed by atoms with Crippen molar-refractivity contribution in [1.82, 2.24) is 15.2 Å². The van der Waals surface area contributed by atoms with E-state index in [0.717, 1.165) is 25.6 Å². The van der Waals surface area contributed by atoms with Gasteiger partial charge in [0.2, 0.25) is 0 Å². The van der Waals surface area contributed by atoms with Crippen LogP contribution in [0.2, 0.25) is 0 Å². The summed E-state index contributed by atoms with van der Waals surface area (Å²) in [6, 6.07) is 0.868. The molecule has 2 aliphatic rings. The maximum Gasteiger partial charge on any atom is 0.115 e. The van der Waals surface area contributed by atoms with Crippen LogP contribution in [0.3, 0.4) is 0 Å². The first kappa shape index (κ1) is 14.5. The Bertz CT molecular complexity index is 466. The van der Waals surface area contributed by atoms with Gasteiger partial charge in [-0.2, -0.15) is 0 Å². The fourth-order valence-electron chi connectivity index (χ4n) is 3.31. The Morgan fingerprint density at radius 3 is 2.80 bits per heavy atom. The summed E-state index contributed by atoms with van der Waals surface area (Å²) in [5, 5.41) is 5.18. The van der Waals surface area contributed by atoms with E-state index < -0.39 is 0 Å². The minimum Gasteiger partial charge on any atom is -0.304 e. The zero-order chi connectivity index (χ0) is 14.2. The molecule has 1 unspecified atom stereocenters. The van der Waals surface area contributed by atoms with Gasteiger partial charge in [-0.15, -0.1) is 11.3 Å². The van der Waals surface area contributed by atoms with Crippen LogP contribution in [0.4, 0.5) is 0 Å². The van der Waals surface area contributed by atoms with Crippen LogP contribution in [-0.4, -0.2) is 35.6 Å². The van der Waals surface area contributed by atoms with Crippen LogP contribution in [0.15, 0.2) is 0 Å². The summed E-state index contributed by atoms with van der Waals surface area (Å²) >= 11 is 1.92. The molecule has 0 bridgehead atoms. The van der Waals surface area contributed by atoms with Crippen molar-refractivity contribution in [2.45, 2.75) is 64.5 Å². The normalized spacial score (nSPS) is 27.4. The molecule has 1 saturated heterocycles. The van der Waals surface area contributed by atoms with Gasteiger partial charge in [0, 0.05) is 24.0 Å². The molecule has 0 radical (unpaired) electrons. The summed E-state index contributed by atoms with van der Waals surface area (Å²) in [6.07, 6.45) is 6.27. The molecule has 112 valence electrons. The average Bonchev–Trinajstić information content (AvgIpc) is 3.10. The second-order valence-corrected chi connectivity index (χ2v) is 7.54. The zero-order valence-electron chi connectivity index (χ0n) is 13.0. The molecule has 1 aromatic rings. The Hall–Kier alpha value is -0.450. The predicted molar refractivity (Wildman–Crippen MR) is 85.4 cm³/mol. The number of aryl methyl sites for hydroxylation is 2. The number of nitrogens with one attached hydrogen (secondary N) is 1. The van der Waals surface area contributed by atoms with Gasteiger partial charge in [0.1, 0.15) is 5.01 Å². The van der Waals surface area contributed by atoms with E-state index in [0.29, 0.717) is 0 Å². The van der Waals surface area contributed by atoms with Crippen molar-refractivity contribution in [2.24, 2.45) is 0 Å². The SMILES string of the molecule is CCCNC1(c2nc(CC)c(C)s2)CCN(C2CC2)C1. The molecule has 2 fully saturated rings. The topological polar surface area (TPSA) is 28.2 Å². The Labute approximate surface area is 126 Å². The lowest BCUT2D eigenvalue weighted by molar-refractivity contribution is 0.274. The van der Waals surface area contributed by atoms with E-state index in [9.17, 15) is 0 Å². The van der Waals surface area contributed by atoms with Crippen LogP contribution in [0, 0.1) is 6.92 Å². The van der Waals surface area contributed by atoms with Crippen LogP contribution in [0.25, 0.3) is 0 Å². The van der Waals surface area contributed by atoms with Gasteiger partial charge in [-0.3, -0.25) is 4.90 Å². The van der Waals surface area contributed by atoms with E-state index in [1.165, 1.54) is 47.8 Å². The Morgan fingerprint density at radius 2 is 2.20 bits per heavy atom. The van der Waals surface area contributed by atoms with Crippen molar-refractivity contribution in [3.05, 3.63) is 15.6 Å². The number of likely N-dealkylation sites (tertiary alicyclic amines) is 1. The predicted octanol–water partition coefficient (Wildman–Crippen LogP) is 3.08. The first-order valence-electron chi connectivity index (χ1n) is 8.14. The van der Waals surface area contributed by atoms with Crippen molar-refractivity contribution in [2.75, 3.05) is 19.6 Å². The molecule has 0 spiro atoms. The molecule has 1 atom stereocenters. The highest BCUT2D eigenvalue weighted by Crippen LogP contribution is 2.40. The van der Waals surface area contributed by atoms with Crippen LogP contribution in [0.1, 0.15) is 55.1 Å². The highest BCUT2D eigenvalue weighted by molar-refractivity contribution is 7.11. The Kier molecular flexibility index (Phi) is 4.16. The van der Waals surface area contributed by atoms with Crippen LogP contribution < -0.4 is 5.32 Å². The fraction of sp³-hybridized carbons (Fsp3) is 0.812. The zero-order valence-corrected chi connectivity index (χ0v) is 13.9.